The van der Waals surface area contributed by atoms with Gasteiger partial charge in [-0.25, -0.2) is 4.39 Å². The molecule has 0 heterocycles. The minimum absolute atomic E-state index is 0.0968. The predicted molar refractivity (Wildman–Crippen MR) is 69.9 cm³/mol. The van der Waals surface area contributed by atoms with Crippen molar-refractivity contribution in [3.63, 3.8) is 0 Å². The average Bonchev–Trinajstić information content (AvgIpc) is 2.79. The fraction of sp³-hybridized carbons (Fsp3) is 0.500. The summed E-state index contributed by atoms with van der Waals surface area (Å²) in [6.45, 7) is 0.598. The number of nitrogens with zero attached hydrogens (tertiary/aromatic N) is 1. The molecule has 0 aromatic heterocycles. The molecule has 2 rings (SSSR count). The second-order valence-corrected chi connectivity index (χ2v) is 5.13. The number of halogens is 1. The smallest absolute Gasteiger partial charge is 0.231 e. The summed E-state index contributed by atoms with van der Waals surface area (Å²) in [5.41, 5.74) is 5.93. The first kappa shape index (κ1) is 13.8. The molecule has 0 radical (unpaired) electrons. The van der Waals surface area contributed by atoms with Gasteiger partial charge in [0.1, 0.15) is 11.6 Å². The summed E-state index contributed by atoms with van der Waals surface area (Å²) in [5.74, 6) is -0.951. The highest BCUT2D eigenvalue weighted by Gasteiger charge is 2.24. The molecule has 1 saturated carbocycles. The van der Waals surface area contributed by atoms with Crippen LogP contribution in [-0.2, 0) is 11.3 Å². The van der Waals surface area contributed by atoms with Crippen molar-refractivity contribution in [2.75, 3.05) is 6.54 Å². The van der Waals surface area contributed by atoms with E-state index in [4.69, 9.17) is 5.73 Å². The van der Waals surface area contributed by atoms with Crippen molar-refractivity contribution in [3.05, 3.63) is 29.6 Å². The molecule has 0 atom stereocenters. The maximum absolute atomic E-state index is 13.2. The second kappa shape index (κ2) is 6.02. The standard InChI is InChI=1S/C14H19FN2O2/c15-11-5-10(6-13(18)7-11)8-17(9-14(16)19)12-3-1-2-4-12/h5-7,12,18H,1-4,8-9H2,(H2,16,19). The molecule has 1 aromatic carbocycles. The van der Waals surface area contributed by atoms with Gasteiger partial charge in [0, 0.05) is 18.7 Å². The van der Waals surface area contributed by atoms with E-state index >= 15 is 0 Å². The Morgan fingerprint density at radius 3 is 2.63 bits per heavy atom. The van der Waals surface area contributed by atoms with Crippen LogP contribution >= 0.6 is 0 Å². The van der Waals surface area contributed by atoms with E-state index in [2.05, 4.69) is 0 Å². The summed E-state index contributed by atoms with van der Waals surface area (Å²) < 4.78 is 13.2. The molecule has 0 saturated heterocycles. The molecule has 5 heteroatoms. The number of phenolic OH excluding ortho intramolecular Hbond substituents is 1. The van der Waals surface area contributed by atoms with Crippen LogP contribution < -0.4 is 5.73 Å². The van der Waals surface area contributed by atoms with Gasteiger partial charge in [-0.1, -0.05) is 12.8 Å². The van der Waals surface area contributed by atoms with Crippen molar-refractivity contribution >= 4 is 5.91 Å². The van der Waals surface area contributed by atoms with Gasteiger partial charge in [-0.3, -0.25) is 9.69 Å². The Morgan fingerprint density at radius 2 is 2.05 bits per heavy atom. The maximum Gasteiger partial charge on any atom is 0.231 e. The Balaban J connectivity index is 2.11. The molecule has 3 N–H and O–H groups in total. The lowest BCUT2D eigenvalue weighted by Gasteiger charge is -2.27. The highest BCUT2D eigenvalue weighted by molar-refractivity contribution is 5.76. The van der Waals surface area contributed by atoms with Crippen LogP contribution in [0.25, 0.3) is 0 Å². The lowest BCUT2D eigenvalue weighted by Crippen LogP contribution is -2.39. The molecule has 1 aromatic rings. The zero-order valence-corrected chi connectivity index (χ0v) is 10.8. The van der Waals surface area contributed by atoms with Crippen molar-refractivity contribution in [2.45, 2.75) is 38.3 Å². The lowest BCUT2D eigenvalue weighted by molar-refractivity contribution is -0.119. The number of benzene rings is 1. The summed E-state index contributed by atoms with van der Waals surface area (Å²) in [6, 6.07) is 4.28. The van der Waals surface area contributed by atoms with Gasteiger partial charge >= 0.3 is 0 Å². The molecule has 1 aliphatic carbocycles. The summed E-state index contributed by atoms with van der Waals surface area (Å²) in [6.07, 6.45) is 4.37. The van der Waals surface area contributed by atoms with Gasteiger partial charge in [0.2, 0.25) is 5.91 Å². The second-order valence-electron chi connectivity index (χ2n) is 5.13. The van der Waals surface area contributed by atoms with Crippen LogP contribution in [0.1, 0.15) is 31.2 Å². The number of aromatic hydroxyl groups is 1. The Labute approximate surface area is 112 Å². The van der Waals surface area contributed by atoms with Crippen LogP contribution in [-0.4, -0.2) is 28.5 Å². The molecule has 0 unspecified atom stereocenters. The molecular formula is C14H19FN2O2. The van der Waals surface area contributed by atoms with E-state index in [0.29, 0.717) is 18.2 Å². The third kappa shape index (κ3) is 3.92. The molecule has 1 fully saturated rings. The maximum atomic E-state index is 13.2. The first-order valence-electron chi connectivity index (χ1n) is 6.55. The minimum Gasteiger partial charge on any atom is -0.508 e. The number of rotatable bonds is 5. The van der Waals surface area contributed by atoms with Crippen LogP contribution in [0.4, 0.5) is 4.39 Å². The van der Waals surface area contributed by atoms with Gasteiger partial charge < -0.3 is 10.8 Å². The van der Waals surface area contributed by atoms with E-state index in [1.165, 1.54) is 12.1 Å². The van der Waals surface area contributed by atoms with Gasteiger partial charge in [-0.05, 0) is 30.5 Å². The number of amides is 1. The molecule has 1 amide bonds. The summed E-state index contributed by atoms with van der Waals surface area (Å²) in [5, 5.41) is 9.40. The molecule has 104 valence electrons. The first-order valence-corrected chi connectivity index (χ1v) is 6.55. The zero-order chi connectivity index (χ0) is 13.8. The molecule has 19 heavy (non-hydrogen) atoms. The van der Waals surface area contributed by atoms with Crippen molar-refractivity contribution in [1.29, 1.82) is 0 Å². The van der Waals surface area contributed by atoms with Crippen molar-refractivity contribution in [1.82, 2.24) is 4.90 Å². The van der Waals surface area contributed by atoms with Gasteiger partial charge in [-0.2, -0.15) is 0 Å². The largest absolute Gasteiger partial charge is 0.508 e. The Bertz CT molecular complexity index is 439. The van der Waals surface area contributed by atoms with Crippen molar-refractivity contribution < 1.29 is 14.3 Å². The number of carbonyl (C=O) groups excluding carboxylic acids is 1. The SMILES string of the molecule is NC(=O)CN(Cc1cc(O)cc(F)c1)C1CCCC1. The molecule has 0 aliphatic heterocycles. The van der Waals surface area contributed by atoms with Crippen LogP contribution in [0, 0.1) is 5.82 Å². The Kier molecular flexibility index (Phi) is 4.37. The van der Waals surface area contributed by atoms with Crippen molar-refractivity contribution in [2.24, 2.45) is 5.73 Å². The number of hydrogen-bond donors (Lipinski definition) is 2. The monoisotopic (exact) mass is 266 g/mol. The van der Waals surface area contributed by atoms with E-state index in [0.717, 1.165) is 31.7 Å². The summed E-state index contributed by atoms with van der Waals surface area (Å²) in [7, 11) is 0. The molecule has 0 bridgehead atoms. The highest BCUT2D eigenvalue weighted by Crippen LogP contribution is 2.25. The zero-order valence-electron chi connectivity index (χ0n) is 10.8. The third-order valence-electron chi connectivity index (χ3n) is 3.53. The van der Waals surface area contributed by atoms with Gasteiger partial charge in [-0.15, -0.1) is 0 Å². The molecule has 4 nitrogen and oxygen atoms in total. The van der Waals surface area contributed by atoms with Gasteiger partial charge in [0.05, 0.1) is 6.54 Å². The minimum atomic E-state index is -0.472. The Morgan fingerprint density at radius 1 is 1.37 bits per heavy atom. The fourth-order valence-corrected chi connectivity index (χ4v) is 2.74. The third-order valence-corrected chi connectivity index (χ3v) is 3.53. The molecular weight excluding hydrogens is 247 g/mol. The first-order chi connectivity index (χ1) is 9.04. The summed E-state index contributed by atoms with van der Waals surface area (Å²) in [4.78, 5) is 13.1. The number of nitrogens with two attached hydrogens (primary N) is 1. The van der Waals surface area contributed by atoms with Gasteiger partial charge in [0.15, 0.2) is 0 Å². The number of carbonyl (C=O) groups is 1. The van der Waals surface area contributed by atoms with E-state index in [1.54, 1.807) is 0 Å². The number of phenols is 1. The highest BCUT2D eigenvalue weighted by atomic mass is 19.1. The van der Waals surface area contributed by atoms with E-state index in [9.17, 15) is 14.3 Å². The van der Waals surface area contributed by atoms with Crippen LogP contribution in [0.2, 0.25) is 0 Å². The Hall–Kier alpha value is -1.62. The van der Waals surface area contributed by atoms with Crippen molar-refractivity contribution in [3.8, 4) is 5.75 Å². The number of primary amides is 1. The van der Waals surface area contributed by atoms with Gasteiger partial charge in [0.25, 0.3) is 0 Å². The van der Waals surface area contributed by atoms with E-state index in [1.807, 2.05) is 4.90 Å². The fourth-order valence-electron chi connectivity index (χ4n) is 2.74. The quantitative estimate of drug-likeness (QED) is 0.853. The lowest BCUT2D eigenvalue weighted by atomic mass is 10.1. The van der Waals surface area contributed by atoms with E-state index < -0.39 is 5.82 Å². The van der Waals surface area contributed by atoms with Crippen LogP contribution in [0.15, 0.2) is 18.2 Å². The normalized spacial score (nSPS) is 16.1. The van der Waals surface area contributed by atoms with E-state index in [-0.39, 0.29) is 18.2 Å². The van der Waals surface area contributed by atoms with Crippen LogP contribution in [0.3, 0.4) is 0 Å². The van der Waals surface area contributed by atoms with Crippen LogP contribution in [0.5, 0.6) is 5.75 Å². The average molecular weight is 266 g/mol. The molecule has 1 aliphatic rings. The molecule has 0 spiro atoms. The summed E-state index contributed by atoms with van der Waals surface area (Å²) >= 11 is 0. The topological polar surface area (TPSA) is 66.6 Å². The predicted octanol–water partition coefficient (Wildman–Crippen LogP) is 1.76. The number of hydrogen-bond acceptors (Lipinski definition) is 3.